The Labute approximate surface area is 113 Å². The third-order valence-corrected chi connectivity index (χ3v) is 4.10. The van der Waals surface area contributed by atoms with Gasteiger partial charge in [0.2, 0.25) is 0 Å². The van der Waals surface area contributed by atoms with Gasteiger partial charge in [-0.15, -0.1) is 0 Å². The minimum atomic E-state index is -3.61. The van der Waals surface area contributed by atoms with E-state index < -0.39 is 10.0 Å². The minimum absolute atomic E-state index is 0.0837. The highest BCUT2D eigenvalue weighted by Crippen LogP contribution is 2.20. The maximum Gasteiger partial charge on any atom is 0.261 e. The van der Waals surface area contributed by atoms with Crippen LogP contribution < -0.4 is 4.72 Å². The number of halogens is 1. The Morgan fingerprint density at radius 1 is 1.06 bits per heavy atom. The Balaban J connectivity index is 2.30. The molecule has 6 heteroatoms. The molecule has 18 heavy (non-hydrogen) atoms. The summed E-state index contributed by atoms with van der Waals surface area (Å²) in [4.78, 5) is 0.171. The predicted octanol–water partition coefficient (Wildman–Crippen LogP) is 2.96. The molecule has 2 N–H and O–H groups in total. The third kappa shape index (κ3) is 3.02. The molecule has 94 valence electrons. The van der Waals surface area contributed by atoms with E-state index in [0.717, 1.165) is 0 Å². The van der Waals surface area contributed by atoms with Crippen LogP contribution in [0.15, 0.2) is 57.9 Å². The summed E-state index contributed by atoms with van der Waals surface area (Å²) in [5.41, 5.74) is 0.396. The number of rotatable bonds is 3. The van der Waals surface area contributed by atoms with Crippen molar-refractivity contribution < 1.29 is 13.5 Å². The van der Waals surface area contributed by atoms with Crippen molar-refractivity contribution in [3.63, 3.8) is 0 Å². The maximum absolute atomic E-state index is 12.0. The van der Waals surface area contributed by atoms with Crippen LogP contribution >= 0.6 is 15.9 Å². The van der Waals surface area contributed by atoms with E-state index in [0.29, 0.717) is 10.2 Å². The first-order valence-electron chi connectivity index (χ1n) is 5.05. The zero-order valence-corrected chi connectivity index (χ0v) is 11.6. The van der Waals surface area contributed by atoms with Gasteiger partial charge >= 0.3 is 0 Å². The van der Waals surface area contributed by atoms with E-state index in [1.807, 2.05) is 0 Å². The Bertz CT molecular complexity index is 653. The van der Waals surface area contributed by atoms with Gasteiger partial charge in [-0.2, -0.15) is 0 Å². The van der Waals surface area contributed by atoms with Crippen molar-refractivity contribution in [3.05, 3.63) is 53.0 Å². The zero-order valence-electron chi connectivity index (χ0n) is 9.17. The summed E-state index contributed by atoms with van der Waals surface area (Å²) in [6, 6.07) is 12.2. The molecule has 0 radical (unpaired) electrons. The number of benzene rings is 2. The molecule has 0 saturated carbocycles. The molecule has 0 saturated heterocycles. The number of hydrogen-bond acceptors (Lipinski definition) is 3. The van der Waals surface area contributed by atoms with E-state index in [1.165, 1.54) is 36.4 Å². The van der Waals surface area contributed by atoms with E-state index in [-0.39, 0.29) is 10.6 Å². The van der Waals surface area contributed by atoms with E-state index in [2.05, 4.69) is 20.7 Å². The summed E-state index contributed by atoms with van der Waals surface area (Å²) < 4.78 is 27.2. The van der Waals surface area contributed by atoms with Gasteiger partial charge in [0.1, 0.15) is 5.75 Å². The van der Waals surface area contributed by atoms with Crippen molar-refractivity contribution in [3.8, 4) is 5.75 Å². The molecule has 2 aromatic rings. The SMILES string of the molecule is O=S(=O)(Nc1ccc(O)cc1)c1cccc(Br)c1. The first-order valence-corrected chi connectivity index (χ1v) is 7.32. The van der Waals surface area contributed by atoms with Crippen molar-refractivity contribution >= 4 is 31.6 Å². The quantitative estimate of drug-likeness (QED) is 0.852. The number of nitrogens with one attached hydrogen (secondary N) is 1. The average molecular weight is 328 g/mol. The Kier molecular flexibility index (Phi) is 3.58. The highest BCUT2D eigenvalue weighted by molar-refractivity contribution is 9.10. The lowest BCUT2D eigenvalue weighted by molar-refractivity contribution is 0.475. The number of hydrogen-bond donors (Lipinski definition) is 2. The summed E-state index contributed by atoms with van der Waals surface area (Å²) in [7, 11) is -3.61. The third-order valence-electron chi connectivity index (χ3n) is 2.23. The van der Waals surface area contributed by atoms with Gasteiger partial charge in [-0.3, -0.25) is 4.72 Å². The summed E-state index contributed by atoms with van der Waals surface area (Å²) in [6.07, 6.45) is 0. The van der Waals surface area contributed by atoms with Crippen molar-refractivity contribution in [2.45, 2.75) is 4.90 Å². The molecule has 2 aromatic carbocycles. The highest BCUT2D eigenvalue weighted by atomic mass is 79.9. The number of sulfonamides is 1. The fraction of sp³-hybridized carbons (Fsp3) is 0. The maximum atomic E-state index is 12.0. The number of phenols is 1. The van der Waals surface area contributed by atoms with Crippen LogP contribution in [0.3, 0.4) is 0 Å². The molecule has 0 heterocycles. The molecule has 2 rings (SSSR count). The molecule has 0 aliphatic heterocycles. The summed E-state index contributed by atoms with van der Waals surface area (Å²) >= 11 is 3.22. The topological polar surface area (TPSA) is 66.4 Å². The molecular formula is C12H10BrNO3S. The van der Waals surface area contributed by atoms with E-state index in [1.54, 1.807) is 12.1 Å². The normalized spacial score (nSPS) is 11.2. The fourth-order valence-corrected chi connectivity index (χ4v) is 3.03. The highest BCUT2D eigenvalue weighted by Gasteiger charge is 2.14. The van der Waals surface area contributed by atoms with Crippen molar-refractivity contribution in [2.24, 2.45) is 0 Å². The minimum Gasteiger partial charge on any atom is -0.508 e. The van der Waals surface area contributed by atoms with Gasteiger partial charge in [-0.1, -0.05) is 22.0 Å². The van der Waals surface area contributed by atoms with Gasteiger partial charge < -0.3 is 5.11 Å². The Hall–Kier alpha value is -1.53. The molecular weight excluding hydrogens is 318 g/mol. The molecule has 0 fully saturated rings. The average Bonchev–Trinajstić information content (AvgIpc) is 2.32. The smallest absolute Gasteiger partial charge is 0.261 e. The second kappa shape index (κ2) is 4.99. The van der Waals surface area contributed by atoms with Crippen LogP contribution in [0.2, 0.25) is 0 Å². The lowest BCUT2D eigenvalue weighted by Gasteiger charge is -2.08. The van der Waals surface area contributed by atoms with E-state index in [9.17, 15) is 8.42 Å². The predicted molar refractivity (Wildman–Crippen MR) is 73.1 cm³/mol. The fourth-order valence-electron chi connectivity index (χ4n) is 1.38. The van der Waals surface area contributed by atoms with Crippen molar-refractivity contribution in [1.82, 2.24) is 0 Å². The second-order valence-corrected chi connectivity index (χ2v) is 6.21. The van der Waals surface area contributed by atoms with E-state index >= 15 is 0 Å². The van der Waals surface area contributed by atoms with Crippen molar-refractivity contribution in [2.75, 3.05) is 4.72 Å². The first kappa shape index (κ1) is 12.9. The molecule has 0 bridgehead atoms. The van der Waals surface area contributed by atoms with Gasteiger partial charge in [-0.05, 0) is 42.5 Å². The summed E-state index contributed by atoms with van der Waals surface area (Å²) in [5, 5.41) is 9.12. The molecule has 0 aromatic heterocycles. The van der Waals surface area contributed by atoms with Crippen LogP contribution in [-0.4, -0.2) is 13.5 Å². The second-order valence-electron chi connectivity index (χ2n) is 3.61. The number of phenolic OH excluding ortho intramolecular Hbond substituents is 1. The monoisotopic (exact) mass is 327 g/mol. The van der Waals surface area contributed by atoms with Gasteiger partial charge in [0.05, 0.1) is 4.90 Å². The van der Waals surface area contributed by atoms with Gasteiger partial charge in [-0.25, -0.2) is 8.42 Å². The summed E-state index contributed by atoms with van der Waals surface area (Å²) in [5.74, 6) is 0.0837. The lowest BCUT2D eigenvalue weighted by atomic mass is 10.3. The molecule has 0 spiro atoms. The van der Waals surface area contributed by atoms with Crippen LogP contribution in [0.5, 0.6) is 5.75 Å². The van der Waals surface area contributed by atoms with Gasteiger partial charge in [0.15, 0.2) is 0 Å². The molecule has 0 aliphatic carbocycles. The molecule has 0 unspecified atom stereocenters. The van der Waals surface area contributed by atoms with Gasteiger partial charge in [0.25, 0.3) is 10.0 Å². The van der Waals surface area contributed by atoms with Crippen LogP contribution in [0, 0.1) is 0 Å². The van der Waals surface area contributed by atoms with E-state index in [4.69, 9.17) is 5.11 Å². The lowest BCUT2D eigenvalue weighted by Crippen LogP contribution is -2.12. The number of anilines is 1. The molecule has 0 aliphatic rings. The molecule has 4 nitrogen and oxygen atoms in total. The van der Waals surface area contributed by atoms with Crippen LogP contribution in [0.1, 0.15) is 0 Å². The Morgan fingerprint density at radius 2 is 1.72 bits per heavy atom. The largest absolute Gasteiger partial charge is 0.508 e. The standard InChI is InChI=1S/C12H10BrNO3S/c13-9-2-1-3-12(8-9)18(16,17)14-10-4-6-11(15)7-5-10/h1-8,14-15H. The summed E-state index contributed by atoms with van der Waals surface area (Å²) in [6.45, 7) is 0. The molecule has 0 atom stereocenters. The van der Waals surface area contributed by atoms with Crippen LogP contribution in [-0.2, 0) is 10.0 Å². The molecule has 0 amide bonds. The van der Waals surface area contributed by atoms with Crippen LogP contribution in [0.4, 0.5) is 5.69 Å². The zero-order chi connectivity index (χ0) is 13.2. The van der Waals surface area contributed by atoms with Crippen LogP contribution in [0.25, 0.3) is 0 Å². The Morgan fingerprint density at radius 3 is 2.33 bits per heavy atom. The number of aromatic hydroxyl groups is 1. The first-order chi connectivity index (χ1) is 8.47. The van der Waals surface area contributed by atoms with Gasteiger partial charge in [0, 0.05) is 10.2 Å². The van der Waals surface area contributed by atoms with Crippen molar-refractivity contribution in [1.29, 1.82) is 0 Å².